The number of hydrazone groups is 1. The van der Waals surface area contributed by atoms with Gasteiger partial charge in [0.15, 0.2) is 0 Å². The first-order valence-corrected chi connectivity index (χ1v) is 8.10. The number of hydrogen-bond acceptors (Lipinski definition) is 3. The Morgan fingerprint density at radius 2 is 1.95 bits per heavy atom. The van der Waals surface area contributed by atoms with Crippen molar-refractivity contribution in [2.75, 3.05) is 6.61 Å². The molecule has 0 radical (unpaired) electrons. The molecular weight excluding hydrogens is 391 g/mol. The van der Waals surface area contributed by atoms with Crippen LogP contribution in [0.4, 0.5) is 0 Å². The van der Waals surface area contributed by atoms with Crippen LogP contribution < -0.4 is 10.2 Å². The molecule has 0 fully saturated rings. The summed E-state index contributed by atoms with van der Waals surface area (Å²) in [4.78, 5) is 12.1. The van der Waals surface area contributed by atoms with E-state index in [9.17, 15) is 4.79 Å². The van der Waals surface area contributed by atoms with E-state index < -0.39 is 0 Å². The van der Waals surface area contributed by atoms with Gasteiger partial charge in [0.1, 0.15) is 5.75 Å². The van der Waals surface area contributed by atoms with E-state index in [2.05, 4.69) is 40.0 Å². The van der Waals surface area contributed by atoms with Crippen LogP contribution in [0.1, 0.15) is 29.3 Å². The van der Waals surface area contributed by atoms with Gasteiger partial charge in [-0.1, -0.05) is 31.2 Å². The van der Waals surface area contributed by atoms with E-state index in [0.29, 0.717) is 12.2 Å². The molecule has 0 aromatic heterocycles. The third-order valence-corrected chi connectivity index (χ3v) is 3.81. The fourth-order valence-electron chi connectivity index (χ4n) is 1.80. The van der Waals surface area contributed by atoms with Crippen LogP contribution in [0.5, 0.6) is 5.75 Å². The molecule has 0 saturated carbocycles. The summed E-state index contributed by atoms with van der Waals surface area (Å²) in [6, 6.07) is 15.0. The Morgan fingerprint density at radius 1 is 1.23 bits per heavy atom. The molecule has 0 aliphatic carbocycles. The summed E-state index contributed by atoms with van der Waals surface area (Å²) in [7, 11) is 0. The smallest absolute Gasteiger partial charge is 0.272 e. The first kappa shape index (κ1) is 16.5. The van der Waals surface area contributed by atoms with E-state index in [4.69, 9.17) is 4.74 Å². The number of halogens is 1. The summed E-state index contributed by atoms with van der Waals surface area (Å²) in [5.41, 5.74) is 3.98. The van der Waals surface area contributed by atoms with Crippen molar-refractivity contribution in [1.82, 2.24) is 5.43 Å². The first-order valence-electron chi connectivity index (χ1n) is 7.02. The molecular formula is C17H17IN2O2. The van der Waals surface area contributed by atoms with Crippen molar-refractivity contribution in [3.63, 3.8) is 0 Å². The van der Waals surface area contributed by atoms with Crippen molar-refractivity contribution in [3.8, 4) is 5.75 Å². The zero-order valence-electron chi connectivity index (χ0n) is 12.3. The fraction of sp³-hybridized carbons (Fsp3) is 0.176. The van der Waals surface area contributed by atoms with Gasteiger partial charge in [-0.05, 0) is 53.3 Å². The standard InChI is InChI=1S/C17H17IN2O2/c1-2-11-22-16-10-6-3-7-13(16)12-19-20-17(21)14-8-4-5-9-15(14)18/h3-10,12H,2,11H2,1H3,(H,20,21)/b19-12-. The molecule has 1 N–H and O–H groups in total. The number of ether oxygens (including phenoxy) is 1. The fourth-order valence-corrected chi connectivity index (χ4v) is 2.43. The molecule has 0 aliphatic rings. The number of hydrogen-bond donors (Lipinski definition) is 1. The molecule has 2 rings (SSSR count). The van der Waals surface area contributed by atoms with Crippen LogP contribution in [-0.4, -0.2) is 18.7 Å². The maximum atomic E-state index is 12.1. The van der Waals surface area contributed by atoms with Crippen molar-refractivity contribution in [2.24, 2.45) is 5.10 Å². The highest BCUT2D eigenvalue weighted by atomic mass is 127. The maximum absolute atomic E-state index is 12.1. The van der Waals surface area contributed by atoms with Crippen LogP contribution in [0.3, 0.4) is 0 Å². The van der Waals surface area contributed by atoms with E-state index in [1.54, 1.807) is 12.3 Å². The van der Waals surface area contributed by atoms with Gasteiger partial charge in [-0.15, -0.1) is 0 Å². The SMILES string of the molecule is CCCOc1ccccc1/C=N\NC(=O)c1ccccc1I. The highest BCUT2D eigenvalue weighted by molar-refractivity contribution is 14.1. The van der Waals surface area contributed by atoms with Gasteiger partial charge in [-0.2, -0.15) is 5.10 Å². The Bertz CT molecular complexity index is 671. The molecule has 114 valence electrons. The second-order valence-corrected chi connectivity index (χ2v) is 5.73. The van der Waals surface area contributed by atoms with Crippen LogP contribution in [0.25, 0.3) is 0 Å². The minimum absolute atomic E-state index is 0.229. The molecule has 5 heteroatoms. The number of rotatable bonds is 6. The predicted octanol–water partition coefficient (Wildman–Crippen LogP) is 3.84. The number of nitrogens with one attached hydrogen (secondary N) is 1. The Labute approximate surface area is 143 Å². The van der Waals surface area contributed by atoms with Crippen LogP contribution >= 0.6 is 22.6 Å². The van der Waals surface area contributed by atoms with E-state index in [1.807, 2.05) is 42.5 Å². The summed E-state index contributed by atoms with van der Waals surface area (Å²) in [6.07, 6.45) is 2.54. The lowest BCUT2D eigenvalue weighted by Gasteiger charge is -2.07. The van der Waals surface area contributed by atoms with Crippen LogP contribution in [-0.2, 0) is 0 Å². The molecule has 2 aromatic rings. The first-order chi connectivity index (χ1) is 10.7. The van der Waals surface area contributed by atoms with Crippen molar-refractivity contribution in [1.29, 1.82) is 0 Å². The minimum Gasteiger partial charge on any atom is -0.493 e. The van der Waals surface area contributed by atoms with Gasteiger partial charge < -0.3 is 4.74 Å². The van der Waals surface area contributed by atoms with Crippen LogP contribution in [0, 0.1) is 3.57 Å². The number of nitrogens with zero attached hydrogens (tertiary/aromatic N) is 1. The lowest BCUT2D eigenvalue weighted by Crippen LogP contribution is -2.18. The molecule has 4 nitrogen and oxygen atoms in total. The summed E-state index contributed by atoms with van der Waals surface area (Å²) in [5, 5.41) is 4.02. The molecule has 0 atom stereocenters. The monoisotopic (exact) mass is 408 g/mol. The Kier molecular flexibility index (Phi) is 6.39. The molecule has 1 amide bonds. The number of amides is 1. The number of benzene rings is 2. The molecule has 22 heavy (non-hydrogen) atoms. The second kappa shape index (κ2) is 8.53. The lowest BCUT2D eigenvalue weighted by molar-refractivity contribution is 0.0954. The quantitative estimate of drug-likeness (QED) is 0.449. The third kappa shape index (κ3) is 4.56. The molecule has 0 aliphatic heterocycles. The largest absolute Gasteiger partial charge is 0.493 e. The molecule has 0 heterocycles. The maximum Gasteiger partial charge on any atom is 0.272 e. The number of carbonyl (C=O) groups excluding carboxylic acids is 1. The van der Waals surface area contributed by atoms with E-state index in [0.717, 1.165) is 21.3 Å². The zero-order valence-corrected chi connectivity index (χ0v) is 14.4. The highest BCUT2D eigenvalue weighted by Gasteiger charge is 2.07. The van der Waals surface area contributed by atoms with Crippen LogP contribution in [0.15, 0.2) is 53.6 Å². The normalized spacial score (nSPS) is 10.6. The van der Waals surface area contributed by atoms with Gasteiger partial charge in [-0.25, -0.2) is 5.43 Å². The number of carbonyl (C=O) groups is 1. The Morgan fingerprint density at radius 3 is 2.73 bits per heavy atom. The highest BCUT2D eigenvalue weighted by Crippen LogP contribution is 2.16. The topological polar surface area (TPSA) is 50.7 Å². The minimum atomic E-state index is -0.229. The molecule has 0 unspecified atom stereocenters. The van der Waals surface area contributed by atoms with Gasteiger partial charge in [0.05, 0.1) is 18.4 Å². The zero-order chi connectivity index (χ0) is 15.8. The van der Waals surface area contributed by atoms with Crippen molar-refractivity contribution < 1.29 is 9.53 Å². The molecule has 0 saturated heterocycles. The third-order valence-electron chi connectivity index (χ3n) is 2.87. The predicted molar refractivity (Wildman–Crippen MR) is 96.4 cm³/mol. The van der Waals surface area contributed by atoms with Gasteiger partial charge in [0.2, 0.25) is 0 Å². The van der Waals surface area contributed by atoms with Gasteiger partial charge in [-0.3, -0.25) is 4.79 Å². The average Bonchev–Trinajstić information content (AvgIpc) is 2.54. The molecule has 0 bridgehead atoms. The van der Waals surface area contributed by atoms with Crippen molar-refractivity contribution in [2.45, 2.75) is 13.3 Å². The Balaban J connectivity index is 2.04. The lowest BCUT2D eigenvalue weighted by atomic mass is 10.2. The average molecular weight is 408 g/mol. The van der Waals surface area contributed by atoms with Crippen molar-refractivity contribution >= 4 is 34.7 Å². The molecule has 0 spiro atoms. The van der Waals surface area contributed by atoms with E-state index in [-0.39, 0.29) is 5.91 Å². The second-order valence-electron chi connectivity index (χ2n) is 4.57. The van der Waals surface area contributed by atoms with Gasteiger partial charge in [0, 0.05) is 9.13 Å². The Hall–Kier alpha value is -1.89. The van der Waals surface area contributed by atoms with E-state index in [1.165, 1.54) is 0 Å². The summed E-state index contributed by atoms with van der Waals surface area (Å²) in [6.45, 7) is 2.71. The molecule has 2 aromatic carbocycles. The van der Waals surface area contributed by atoms with Crippen molar-refractivity contribution in [3.05, 3.63) is 63.2 Å². The van der Waals surface area contributed by atoms with Gasteiger partial charge >= 0.3 is 0 Å². The summed E-state index contributed by atoms with van der Waals surface area (Å²) in [5.74, 6) is 0.532. The van der Waals surface area contributed by atoms with E-state index >= 15 is 0 Å². The summed E-state index contributed by atoms with van der Waals surface area (Å²) >= 11 is 2.13. The summed E-state index contributed by atoms with van der Waals surface area (Å²) < 4.78 is 6.53. The van der Waals surface area contributed by atoms with Gasteiger partial charge in [0.25, 0.3) is 5.91 Å². The number of para-hydroxylation sites is 1. The van der Waals surface area contributed by atoms with Crippen LogP contribution in [0.2, 0.25) is 0 Å².